The van der Waals surface area contributed by atoms with Crippen molar-refractivity contribution < 1.29 is 14.1 Å². The zero-order chi connectivity index (χ0) is 17.3. The molecule has 1 N–H and O–H groups in total. The van der Waals surface area contributed by atoms with Crippen LogP contribution in [0.2, 0.25) is 0 Å². The molecule has 3 rings (SSSR count). The summed E-state index contributed by atoms with van der Waals surface area (Å²) in [5.41, 5.74) is 2.48. The van der Waals surface area contributed by atoms with Gasteiger partial charge < -0.3 is 14.6 Å². The van der Waals surface area contributed by atoms with Crippen LogP contribution in [0.1, 0.15) is 59.8 Å². The molecule has 0 unspecified atom stereocenters. The van der Waals surface area contributed by atoms with E-state index in [-0.39, 0.29) is 18.1 Å². The Morgan fingerprint density at radius 3 is 2.92 bits per heavy atom. The first-order chi connectivity index (χ1) is 11.5. The van der Waals surface area contributed by atoms with Crippen molar-refractivity contribution in [3.8, 4) is 0 Å². The third-order valence-electron chi connectivity index (χ3n) is 4.13. The number of ether oxygens (including phenoxy) is 1. The molecule has 24 heavy (non-hydrogen) atoms. The average molecular weight is 333 g/mol. The summed E-state index contributed by atoms with van der Waals surface area (Å²) in [5.74, 6) is 1.12. The number of carbonyl (C=O) groups is 1. The Hall–Kier alpha value is -2.22. The molecule has 1 amide bonds. The van der Waals surface area contributed by atoms with Gasteiger partial charge in [-0.2, -0.15) is 10.1 Å². The standard InChI is InChI=1S/C16H23N5O3/c1-9-8-12-14(10(2)23-9)19-21(4)15(12)16(22)17-7-5-6-13-18-11(3)20-24-13/h9-10H,5-8H2,1-4H3,(H,17,22)/t9-,10+/m1/s1. The zero-order valence-corrected chi connectivity index (χ0v) is 14.5. The number of hydrogen-bond acceptors (Lipinski definition) is 6. The number of rotatable bonds is 5. The van der Waals surface area contributed by atoms with E-state index in [1.807, 2.05) is 13.8 Å². The lowest BCUT2D eigenvalue weighted by Crippen LogP contribution is -2.29. The maximum atomic E-state index is 12.6. The summed E-state index contributed by atoms with van der Waals surface area (Å²) in [6.07, 6.45) is 2.09. The molecule has 0 saturated heterocycles. The number of amides is 1. The first-order valence-corrected chi connectivity index (χ1v) is 8.24. The van der Waals surface area contributed by atoms with Crippen LogP contribution < -0.4 is 5.32 Å². The summed E-state index contributed by atoms with van der Waals surface area (Å²) in [7, 11) is 1.80. The number of nitrogens with zero attached hydrogens (tertiary/aromatic N) is 4. The van der Waals surface area contributed by atoms with E-state index in [0.29, 0.717) is 36.8 Å². The highest BCUT2D eigenvalue weighted by molar-refractivity contribution is 5.94. The molecular formula is C16H23N5O3. The molecule has 1 aliphatic heterocycles. The molecule has 2 aromatic rings. The van der Waals surface area contributed by atoms with E-state index < -0.39 is 0 Å². The van der Waals surface area contributed by atoms with Crippen molar-refractivity contribution >= 4 is 5.91 Å². The molecule has 3 heterocycles. The molecule has 2 atom stereocenters. The molecule has 0 aromatic carbocycles. The smallest absolute Gasteiger partial charge is 0.269 e. The van der Waals surface area contributed by atoms with E-state index in [1.54, 1.807) is 18.7 Å². The molecule has 8 heteroatoms. The van der Waals surface area contributed by atoms with Gasteiger partial charge in [-0.15, -0.1) is 0 Å². The second kappa shape index (κ2) is 6.72. The predicted molar refractivity (Wildman–Crippen MR) is 85.6 cm³/mol. The van der Waals surface area contributed by atoms with Gasteiger partial charge in [0.1, 0.15) is 5.69 Å². The van der Waals surface area contributed by atoms with Gasteiger partial charge >= 0.3 is 0 Å². The number of aromatic nitrogens is 4. The number of aryl methyl sites for hydroxylation is 3. The van der Waals surface area contributed by atoms with Crippen molar-refractivity contribution in [2.45, 2.75) is 52.2 Å². The van der Waals surface area contributed by atoms with Crippen LogP contribution in [0.5, 0.6) is 0 Å². The molecule has 0 radical (unpaired) electrons. The fourth-order valence-electron chi connectivity index (χ4n) is 3.12. The van der Waals surface area contributed by atoms with Gasteiger partial charge in [-0.3, -0.25) is 9.48 Å². The summed E-state index contributed by atoms with van der Waals surface area (Å²) in [4.78, 5) is 16.7. The largest absolute Gasteiger partial charge is 0.369 e. The van der Waals surface area contributed by atoms with Crippen LogP contribution in [-0.4, -0.2) is 38.5 Å². The average Bonchev–Trinajstić information content (AvgIpc) is 3.06. The van der Waals surface area contributed by atoms with E-state index in [4.69, 9.17) is 9.26 Å². The minimum Gasteiger partial charge on any atom is -0.369 e. The van der Waals surface area contributed by atoms with Crippen molar-refractivity contribution in [1.82, 2.24) is 25.2 Å². The minimum atomic E-state index is -0.103. The monoisotopic (exact) mass is 333 g/mol. The Kier molecular flexibility index (Phi) is 4.66. The number of hydrogen-bond donors (Lipinski definition) is 1. The lowest BCUT2D eigenvalue weighted by atomic mass is 9.99. The Bertz CT molecular complexity index is 736. The molecule has 0 saturated carbocycles. The normalized spacial score (nSPS) is 20.0. The minimum absolute atomic E-state index is 0.0859. The maximum absolute atomic E-state index is 12.6. The predicted octanol–water partition coefficient (Wildman–Crippen LogP) is 1.50. The topological polar surface area (TPSA) is 95.1 Å². The highest BCUT2D eigenvalue weighted by Gasteiger charge is 2.31. The second-order valence-electron chi connectivity index (χ2n) is 6.22. The highest BCUT2D eigenvalue weighted by atomic mass is 16.5. The summed E-state index contributed by atoms with van der Waals surface area (Å²) in [6, 6.07) is 0. The number of fused-ring (bicyclic) bond motifs is 1. The van der Waals surface area contributed by atoms with Gasteiger partial charge in [0.25, 0.3) is 5.91 Å². The van der Waals surface area contributed by atoms with Gasteiger partial charge in [0.2, 0.25) is 5.89 Å². The first-order valence-electron chi connectivity index (χ1n) is 8.24. The van der Waals surface area contributed by atoms with Crippen LogP contribution in [0.25, 0.3) is 0 Å². The lowest BCUT2D eigenvalue weighted by molar-refractivity contribution is -0.00710. The van der Waals surface area contributed by atoms with Crippen LogP contribution in [0, 0.1) is 6.92 Å². The fraction of sp³-hybridized carbons (Fsp3) is 0.625. The van der Waals surface area contributed by atoms with Gasteiger partial charge in [-0.1, -0.05) is 5.16 Å². The van der Waals surface area contributed by atoms with Gasteiger partial charge in [0.05, 0.1) is 17.9 Å². The second-order valence-corrected chi connectivity index (χ2v) is 6.22. The molecule has 1 aliphatic rings. The van der Waals surface area contributed by atoms with Crippen molar-refractivity contribution in [3.05, 3.63) is 28.7 Å². The molecule has 0 fully saturated rings. The molecular weight excluding hydrogens is 310 g/mol. The van der Waals surface area contributed by atoms with Gasteiger partial charge in [0, 0.05) is 32.0 Å². The van der Waals surface area contributed by atoms with Crippen LogP contribution in [0.3, 0.4) is 0 Å². The third-order valence-corrected chi connectivity index (χ3v) is 4.13. The molecule has 130 valence electrons. The van der Waals surface area contributed by atoms with Crippen LogP contribution in [0.4, 0.5) is 0 Å². The Morgan fingerprint density at radius 2 is 2.21 bits per heavy atom. The van der Waals surface area contributed by atoms with E-state index in [2.05, 4.69) is 20.6 Å². The fourth-order valence-corrected chi connectivity index (χ4v) is 3.12. The van der Waals surface area contributed by atoms with Crippen molar-refractivity contribution in [2.75, 3.05) is 6.54 Å². The van der Waals surface area contributed by atoms with Crippen LogP contribution >= 0.6 is 0 Å². The van der Waals surface area contributed by atoms with E-state index in [1.165, 1.54) is 0 Å². The summed E-state index contributed by atoms with van der Waals surface area (Å²) >= 11 is 0. The van der Waals surface area contributed by atoms with Crippen molar-refractivity contribution in [1.29, 1.82) is 0 Å². The number of nitrogens with one attached hydrogen (secondary N) is 1. The van der Waals surface area contributed by atoms with Crippen LogP contribution in [0.15, 0.2) is 4.52 Å². The Labute approximate surface area is 140 Å². The molecule has 0 bridgehead atoms. The van der Waals surface area contributed by atoms with Gasteiger partial charge in [0.15, 0.2) is 5.82 Å². The summed E-state index contributed by atoms with van der Waals surface area (Å²) in [5, 5.41) is 11.2. The molecule has 2 aromatic heterocycles. The van der Waals surface area contributed by atoms with Gasteiger partial charge in [-0.05, 0) is 27.2 Å². The van der Waals surface area contributed by atoms with E-state index in [0.717, 1.165) is 17.7 Å². The van der Waals surface area contributed by atoms with Crippen molar-refractivity contribution in [2.24, 2.45) is 7.05 Å². The molecule has 0 aliphatic carbocycles. The van der Waals surface area contributed by atoms with Crippen LogP contribution in [-0.2, 0) is 24.6 Å². The quantitative estimate of drug-likeness (QED) is 0.833. The molecule has 0 spiro atoms. The maximum Gasteiger partial charge on any atom is 0.269 e. The summed E-state index contributed by atoms with van der Waals surface area (Å²) in [6.45, 7) is 6.31. The lowest BCUT2D eigenvalue weighted by Gasteiger charge is -2.24. The number of carbonyl (C=O) groups excluding carboxylic acids is 1. The summed E-state index contributed by atoms with van der Waals surface area (Å²) < 4.78 is 12.5. The molecule has 8 nitrogen and oxygen atoms in total. The van der Waals surface area contributed by atoms with Gasteiger partial charge in [-0.25, -0.2) is 0 Å². The zero-order valence-electron chi connectivity index (χ0n) is 14.5. The SMILES string of the molecule is Cc1noc(CCCNC(=O)c2c3c(nn2C)[C@H](C)O[C@H](C)C3)n1. The Morgan fingerprint density at radius 1 is 1.42 bits per heavy atom. The van der Waals surface area contributed by atoms with E-state index in [9.17, 15) is 4.79 Å². The first kappa shape index (κ1) is 16.6. The van der Waals surface area contributed by atoms with E-state index >= 15 is 0 Å². The third kappa shape index (κ3) is 3.33. The highest BCUT2D eigenvalue weighted by Crippen LogP contribution is 2.30. The van der Waals surface area contributed by atoms with Crippen molar-refractivity contribution in [3.63, 3.8) is 0 Å². The Balaban J connectivity index is 1.61.